The molecule has 2 heterocycles. The Kier molecular flexibility index (Phi) is 3.68. The summed E-state index contributed by atoms with van der Waals surface area (Å²) in [6.45, 7) is 3.41. The van der Waals surface area contributed by atoms with Gasteiger partial charge in [-0.3, -0.25) is 0 Å². The molecule has 2 rings (SSSR count). The molecule has 0 saturated heterocycles. The summed E-state index contributed by atoms with van der Waals surface area (Å²) in [5.41, 5.74) is 6.63. The lowest BCUT2D eigenvalue weighted by atomic mass is 10.2. The third-order valence-electron chi connectivity index (χ3n) is 2.92. The van der Waals surface area contributed by atoms with E-state index in [2.05, 4.69) is 9.97 Å². The molecule has 1 unspecified atom stereocenters. The number of aromatic nitrogens is 3. The van der Waals surface area contributed by atoms with E-state index in [-0.39, 0.29) is 28.6 Å². The fourth-order valence-electron chi connectivity index (χ4n) is 1.86. The van der Waals surface area contributed by atoms with Gasteiger partial charge in [0, 0.05) is 18.7 Å². The summed E-state index contributed by atoms with van der Waals surface area (Å²) >= 11 is 4.81. The average Bonchev–Trinajstić information content (AvgIpc) is 2.66. The molecule has 108 valence electrons. The molecule has 0 radical (unpaired) electrons. The van der Waals surface area contributed by atoms with Crippen LogP contribution in [0.2, 0.25) is 0 Å². The molecule has 0 spiro atoms. The van der Waals surface area contributed by atoms with Crippen LogP contribution in [0.5, 0.6) is 0 Å². The Bertz CT molecular complexity index is 663. The Balaban J connectivity index is 2.62. The van der Waals surface area contributed by atoms with Crippen molar-refractivity contribution in [3.63, 3.8) is 0 Å². The lowest BCUT2D eigenvalue weighted by molar-refractivity contribution is -0.147. The summed E-state index contributed by atoms with van der Waals surface area (Å²) in [5, 5.41) is 0. The Morgan fingerprint density at radius 1 is 1.50 bits per heavy atom. The number of hydrogen-bond donors (Lipinski definition) is 1. The van der Waals surface area contributed by atoms with Gasteiger partial charge in [-0.2, -0.15) is 13.2 Å². The van der Waals surface area contributed by atoms with Crippen LogP contribution in [0.15, 0.2) is 12.3 Å². The lowest BCUT2D eigenvalue weighted by Crippen LogP contribution is -2.25. The molecule has 0 aliphatic heterocycles. The molecule has 0 amide bonds. The number of alkyl halides is 3. The highest BCUT2D eigenvalue weighted by Gasteiger charge is 2.38. The predicted octanol–water partition coefficient (Wildman–Crippen LogP) is 2.68. The smallest absolute Gasteiger partial charge is 0.393 e. The minimum absolute atomic E-state index is 0.00324. The van der Waals surface area contributed by atoms with Gasteiger partial charge in [0.1, 0.15) is 5.52 Å². The quantitative estimate of drug-likeness (QED) is 0.886. The van der Waals surface area contributed by atoms with Crippen LogP contribution < -0.4 is 5.73 Å². The first-order valence-electron chi connectivity index (χ1n) is 5.89. The fraction of sp³-hybridized carbons (Fsp3) is 0.417. The second-order valence-electron chi connectivity index (χ2n) is 4.70. The molecule has 0 aliphatic carbocycles. The van der Waals surface area contributed by atoms with Gasteiger partial charge in [0.15, 0.2) is 5.65 Å². The molecular formula is C12H13F3N4S. The molecule has 1 atom stereocenters. The summed E-state index contributed by atoms with van der Waals surface area (Å²) in [6, 6.07) is 1.57. The van der Waals surface area contributed by atoms with Crippen molar-refractivity contribution in [2.75, 3.05) is 0 Å². The lowest BCUT2D eigenvalue weighted by Gasteiger charge is -2.14. The van der Waals surface area contributed by atoms with Crippen molar-refractivity contribution in [3.8, 4) is 0 Å². The van der Waals surface area contributed by atoms with Crippen LogP contribution in [0.3, 0.4) is 0 Å². The molecule has 0 fully saturated rings. The molecule has 0 aromatic carbocycles. The molecule has 20 heavy (non-hydrogen) atoms. The van der Waals surface area contributed by atoms with Crippen LogP contribution >= 0.6 is 12.2 Å². The standard InChI is InChI=1S/C12H13F3N4S/c1-6-3-8-10(17-4-6)19(5-7(2)9(16)20)11(18-8)12(13,14)15/h3-4,7H,5H2,1-2H3,(H2,16,20). The number of thiocarbonyl (C=S) groups is 1. The van der Waals surface area contributed by atoms with Gasteiger partial charge in [0.25, 0.3) is 0 Å². The van der Waals surface area contributed by atoms with Crippen LogP contribution in [0.4, 0.5) is 13.2 Å². The molecule has 8 heteroatoms. The molecule has 2 aromatic rings. The second kappa shape index (κ2) is 5.01. The zero-order chi connectivity index (χ0) is 15.1. The third-order valence-corrected chi connectivity index (χ3v) is 3.32. The molecule has 2 aromatic heterocycles. The van der Waals surface area contributed by atoms with Crippen molar-refractivity contribution in [1.82, 2.24) is 14.5 Å². The summed E-state index contributed by atoms with van der Waals surface area (Å²) in [6.07, 6.45) is -3.04. The average molecular weight is 302 g/mol. The molecule has 0 bridgehead atoms. The maximum Gasteiger partial charge on any atom is 0.449 e. The largest absolute Gasteiger partial charge is 0.449 e. The highest BCUT2D eigenvalue weighted by atomic mass is 32.1. The number of nitrogens with two attached hydrogens (primary N) is 1. The summed E-state index contributed by atoms with van der Waals surface area (Å²) < 4.78 is 40.2. The van der Waals surface area contributed by atoms with Crippen molar-refractivity contribution in [1.29, 1.82) is 0 Å². The zero-order valence-electron chi connectivity index (χ0n) is 10.9. The van der Waals surface area contributed by atoms with E-state index in [1.54, 1.807) is 19.9 Å². The summed E-state index contributed by atoms with van der Waals surface area (Å²) in [5.74, 6) is -1.36. The van der Waals surface area contributed by atoms with E-state index in [0.29, 0.717) is 0 Å². The fourth-order valence-corrected chi connectivity index (χ4v) is 1.94. The second-order valence-corrected chi connectivity index (χ2v) is 5.17. The van der Waals surface area contributed by atoms with E-state index in [0.717, 1.165) is 10.1 Å². The minimum Gasteiger partial charge on any atom is -0.393 e. The van der Waals surface area contributed by atoms with Crippen molar-refractivity contribution >= 4 is 28.4 Å². The van der Waals surface area contributed by atoms with Gasteiger partial charge in [0.05, 0.1) is 4.99 Å². The maximum absolute atomic E-state index is 13.1. The van der Waals surface area contributed by atoms with E-state index in [1.807, 2.05) is 0 Å². The van der Waals surface area contributed by atoms with E-state index >= 15 is 0 Å². The van der Waals surface area contributed by atoms with E-state index < -0.39 is 12.0 Å². The van der Waals surface area contributed by atoms with Crippen molar-refractivity contribution in [2.24, 2.45) is 11.7 Å². The molecule has 0 aliphatic rings. The maximum atomic E-state index is 13.1. The Hall–Kier alpha value is -1.70. The molecule has 0 saturated carbocycles. The van der Waals surface area contributed by atoms with Gasteiger partial charge >= 0.3 is 6.18 Å². The molecule has 2 N–H and O–H groups in total. The van der Waals surface area contributed by atoms with Gasteiger partial charge in [-0.1, -0.05) is 19.1 Å². The van der Waals surface area contributed by atoms with Gasteiger partial charge < -0.3 is 10.3 Å². The minimum atomic E-state index is -4.55. The van der Waals surface area contributed by atoms with E-state index in [4.69, 9.17) is 18.0 Å². The number of rotatable bonds is 3. The summed E-state index contributed by atoms with van der Waals surface area (Å²) in [4.78, 5) is 7.85. The van der Waals surface area contributed by atoms with E-state index in [1.165, 1.54) is 6.20 Å². The number of aryl methyl sites for hydroxylation is 1. The first-order valence-corrected chi connectivity index (χ1v) is 6.30. The third kappa shape index (κ3) is 2.74. The van der Waals surface area contributed by atoms with Gasteiger partial charge in [-0.05, 0) is 18.6 Å². The van der Waals surface area contributed by atoms with Crippen LogP contribution in [-0.2, 0) is 12.7 Å². The van der Waals surface area contributed by atoms with E-state index in [9.17, 15) is 13.2 Å². The van der Waals surface area contributed by atoms with Crippen molar-refractivity contribution in [3.05, 3.63) is 23.7 Å². The Morgan fingerprint density at radius 3 is 2.70 bits per heavy atom. The SMILES string of the molecule is Cc1cnc2c(c1)nc(C(F)(F)F)n2CC(C)C(N)=S. The number of fused-ring (bicyclic) bond motifs is 1. The topological polar surface area (TPSA) is 56.7 Å². The number of nitrogens with zero attached hydrogens (tertiary/aromatic N) is 3. The number of halogens is 3. The molecular weight excluding hydrogens is 289 g/mol. The first-order chi connectivity index (χ1) is 9.20. The molecule has 4 nitrogen and oxygen atoms in total. The van der Waals surface area contributed by atoms with Crippen molar-refractivity contribution in [2.45, 2.75) is 26.6 Å². The van der Waals surface area contributed by atoms with Gasteiger partial charge in [-0.25, -0.2) is 9.97 Å². The van der Waals surface area contributed by atoms with Crippen LogP contribution in [-0.4, -0.2) is 19.5 Å². The Morgan fingerprint density at radius 2 is 2.15 bits per heavy atom. The highest BCUT2D eigenvalue weighted by molar-refractivity contribution is 7.80. The van der Waals surface area contributed by atoms with Crippen LogP contribution in [0.25, 0.3) is 11.2 Å². The first kappa shape index (κ1) is 14.7. The summed E-state index contributed by atoms with van der Waals surface area (Å²) in [7, 11) is 0. The number of imidazole rings is 1. The Labute approximate surface area is 118 Å². The van der Waals surface area contributed by atoms with Crippen LogP contribution in [0.1, 0.15) is 18.3 Å². The highest BCUT2D eigenvalue weighted by Crippen LogP contribution is 2.31. The van der Waals surface area contributed by atoms with Gasteiger partial charge in [0.2, 0.25) is 5.82 Å². The zero-order valence-corrected chi connectivity index (χ0v) is 11.7. The van der Waals surface area contributed by atoms with Crippen molar-refractivity contribution < 1.29 is 13.2 Å². The van der Waals surface area contributed by atoms with Gasteiger partial charge in [-0.15, -0.1) is 0 Å². The normalized spacial score (nSPS) is 13.7. The number of pyridine rings is 1. The monoisotopic (exact) mass is 302 g/mol. The van der Waals surface area contributed by atoms with Crippen LogP contribution in [0, 0.1) is 12.8 Å². The predicted molar refractivity (Wildman–Crippen MR) is 73.2 cm³/mol. The number of hydrogen-bond acceptors (Lipinski definition) is 3.